The molecule has 1 aromatic carbocycles. The van der Waals surface area contributed by atoms with Crippen LogP contribution in [-0.4, -0.2) is 39.2 Å². The van der Waals surface area contributed by atoms with Crippen LogP contribution in [0.25, 0.3) is 0 Å². The third kappa shape index (κ3) is 5.82. The Hall–Kier alpha value is -2.83. The van der Waals surface area contributed by atoms with Crippen LogP contribution in [0, 0.1) is 13.8 Å². The molecule has 3 amide bonds. The van der Waals surface area contributed by atoms with Gasteiger partial charge in [-0.05, 0) is 39.3 Å². The molecule has 29 heavy (non-hydrogen) atoms. The zero-order valence-electron chi connectivity index (χ0n) is 18.8. The summed E-state index contributed by atoms with van der Waals surface area (Å²) in [5.41, 5.74) is 3.63. The van der Waals surface area contributed by atoms with Crippen LogP contribution in [0.3, 0.4) is 0 Å². The second-order valence-electron chi connectivity index (χ2n) is 8.81. The number of aromatic nitrogens is 2. The van der Waals surface area contributed by atoms with E-state index in [1.54, 1.807) is 11.7 Å². The number of rotatable bonds is 5. The molecular weight excluding hydrogens is 366 g/mol. The van der Waals surface area contributed by atoms with Crippen LogP contribution >= 0.6 is 0 Å². The first-order valence-electron chi connectivity index (χ1n) is 9.87. The van der Waals surface area contributed by atoms with Gasteiger partial charge in [-0.25, -0.2) is 4.79 Å². The van der Waals surface area contributed by atoms with Crippen molar-refractivity contribution in [2.24, 2.45) is 7.05 Å². The second-order valence-corrected chi connectivity index (χ2v) is 8.81. The van der Waals surface area contributed by atoms with Crippen molar-refractivity contribution >= 4 is 23.4 Å². The molecule has 0 bridgehead atoms. The van der Waals surface area contributed by atoms with Gasteiger partial charge in [0.1, 0.15) is 12.4 Å². The molecule has 0 aliphatic rings. The van der Waals surface area contributed by atoms with Gasteiger partial charge in [0.2, 0.25) is 5.91 Å². The highest BCUT2D eigenvalue weighted by Crippen LogP contribution is 2.23. The average molecular weight is 400 g/mol. The van der Waals surface area contributed by atoms with Crippen LogP contribution in [-0.2, 0) is 17.3 Å². The van der Waals surface area contributed by atoms with Crippen LogP contribution in [0.5, 0.6) is 0 Å². The number of carbonyl (C=O) groups excluding carboxylic acids is 2. The third-order valence-corrected chi connectivity index (χ3v) is 4.74. The van der Waals surface area contributed by atoms with Gasteiger partial charge < -0.3 is 15.5 Å². The Bertz CT molecular complexity index is 893. The smallest absolute Gasteiger partial charge is 0.313 e. The van der Waals surface area contributed by atoms with E-state index < -0.39 is 0 Å². The monoisotopic (exact) mass is 399 g/mol. The lowest BCUT2D eigenvalue weighted by atomic mass is 9.92. The first-order chi connectivity index (χ1) is 13.4. The van der Waals surface area contributed by atoms with E-state index in [0.717, 1.165) is 22.5 Å². The molecule has 0 aliphatic heterocycles. The molecule has 0 saturated heterocycles. The summed E-state index contributed by atoms with van der Waals surface area (Å²) < 4.78 is 1.65. The first kappa shape index (κ1) is 22.5. The van der Waals surface area contributed by atoms with E-state index in [4.69, 9.17) is 0 Å². The van der Waals surface area contributed by atoms with E-state index in [-0.39, 0.29) is 29.9 Å². The van der Waals surface area contributed by atoms with Gasteiger partial charge in [-0.1, -0.05) is 38.5 Å². The fourth-order valence-corrected chi connectivity index (χ4v) is 2.92. The number of benzene rings is 1. The molecule has 0 atom stereocenters. The molecule has 2 aromatic rings. The summed E-state index contributed by atoms with van der Waals surface area (Å²) in [5, 5.41) is 10.2. The van der Waals surface area contributed by atoms with Gasteiger partial charge in [0.05, 0.1) is 5.69 Å². The number of amides is 3. The van der Waals surface area contributed by atoms with Gasteiger partial charge in [-0.3, -0.25) is 9.48 Å². The van der Waals surface area contributed by atoms with E-state index in [1.165, 1.54) is 4.90 Å². The van der Waals surface area contributed by atoms with Crippen molar-refractivity contribution in [3.8, 4) is 0 Å². The fourth-order valence-electron chi connectivity index (χ4n) is 2.92. The Morgan fingerprint density at radius 1 is 1.14 bits per heavy atom. The minimum Gasteiger partial charge on any atom is -0.313 e. The third-order valence-electron chi connectivity index (χ3n) is 4.74. The molecule has 0 spiro atoms. The summed E-state index contributed by atoms with van der Waals surface area (Å²) in [6.07, 6.45) is 0. The largest absolute Gasteiger partial charge is 0.322 e. The number of carbonyl (C=O) groups is 2. The zero-order chi connectivity index (χ0) is 21.9. The molecule has 2 N–H and O–H groups in total. The van der Waals surface area contributed by atoms with Gasteiger partial charge in [0, 0.05) is 30.3 Å². The fraction of sp³-hybridized carbons (Fsp3) is 0.500. The summed E-state index contributed by atoms with van der Waals surface area (Å²) >= 11 is 0. The van der Waals surface area contributed by atoms with Gasteiger partial charge >= 0.3 is 6.03 Å². The summed E-state index contributed by atoms with van der Waals surface area (Å²) in [7, 11) is 1.79. The van der Waals surface area contributed by atoms with Crippen LogP contribution in [0.15, 0.2) is 24.3 Å². The van der Waals surface area contributed by atoms with Crippen LogP contribution in [0.2, 0.25) is 0 Å². The standard InChI is InChI=1S/C22H33N5O2/c1-14(2)27(21(29)23-17-10-9-15(3)11-16(17)4)13-20(28)24-19-12-18(22(5,6)7)25-26(19)8/h9-12,14H,13H2,1-8H3,(H,23,29)(H,24,28). The maximum absolute atomic E-state index is 12.8. The van der Waals surface area contributed by atoms with Crippen molar-refractivity contribution in [2.75, 3.05) is 17.2 Å². The molecule has 1 heterocycles. The highest BCUT2D eigenvalue weighted by atomic mass is 16.2. The lowest BCUT2D eigenvalue weighted by molar-refractivity contribution is -0.117. The average Bonchev–Trinajstić information content (AvgIpc) is 2.96. The predicted molar refractivity (Wildman–Crippen MR) is 117 cm³/mol. The molecule has 0 radical (unpaired) electrons. The maximum Gasteiger partial charge on any atom is 0.322 e. The predicted octanol–water partition coefficient (Wildman–Crippen LogP) is 4.22. The van der Waals surface area contributed by atoms with Crippen molar-refractivity contribution < 1.29 is 9.59 Å². The van der Waals surface area contributed by atoms with Crippen molar-refractivity contribution in [3.05, 3.63) is 41.1 Å². The van der Waals surface area contributed by atoms with Crippen LogP contribution in [0.1, 0.15) is 51.4 Å². The number of nitrogens with zero attached hydrogens (tertiary/aromatic N) is 3. The van der Waals surface area contributed by atoms with E-state index >= 15 is 0 Å². The molecule has 2 rings (SSSR count). The van der Waals surface area contributed by atoms with Crippen molar-refractivity contribution in [3.63, 3.8) is 0 Å². The van der Waals surface area contributed by atoms with Crippen molar-refractivity contribution in [1.29, 1.82) is 0 Å². The molecule has 0 unspecified atom stereocenters. The summed E-state index contributed by atoms with van der Waals surface area (Å²) in [4.78, 5) is 26.9. The van der Waals surface area contributed by atoms with Crippen LogP contribution in [0.4, 0.5) is 16.3 Å². The number of hydrogen-bond acceptors (Lipinski definition) is 3. The molecular formula is C22H33N5O2. The molecule has 7 heteroatoms. The highest BCUT2D eigenvalue weighted by molar-refractivity contribution is 5.97. The molecule has 0 aliphatic carbocycles. The molecule has 7 nitrogen and oxygen atoms in total. The number of hydrogen-bond donors (Lipinski definition) is 2. The lowest BCUT2D eigenvalue weighted by Crippen LogP contribution is -2.44. The van der Waals surface area contributed by atoms with Crippen LogP contribution < -0.4 is 10.6 Å². The minimum absolute atomic E-state index is 0.0512. The zero-order valence-corrected chi connectivity index (χ0v) is 18.8. The van der Waals surface area contributed by atoms with E-state index in [0.29, 0.717) is 5.82 Å². The van der Waals surface area contributed by atoms with E-state index in [1.807, 2.05) is 52.0 Å². The minimum atomic E-state index is -0.303. The number of urea groups is 1. The second kappa shape index (κ2) is 8.68. The topological polar surface area (TPSA) is 79.3 Å². The Morgan fingerprint density at radius 2 is 1.79 bits per heavy atom. The molecule has 0 fully saturated rings. The quantitative estimate of drug-likeness (QED) is 0.790. The number of anilines is 2. The van der Waals surface area contributed by atoms with Crippen molar-refractivity contribution in [2.45, 2.75) is 59.9 Å². The number of aryl methyl sites for hydroxylation is 3. The van der Waals surface area contributed by atoms with Gasteiger partial charge in [-0.15, -0.1) is 0 Å². The van der Waals surface area contributed by atoms with Crippen molar-refractivity contribution in [1.82, 2.24) is 14.7 Å². The highest BCUT2D eigenvalue weighted by Gasteiger charge is 2.23. The Labute approximate surface area is 173 Å². The Kier molecular flexibility index (Phi) is 6.72. The van der Waals surface area contributed by atoms with Gasteiger partial charge in [-0.2, -0.15) is 5.10 Å². The summed E-state index contributed by atoms with van der Waals surface area (Å²) in [6.45, 7) is 13.9. The number of nitrogens with one attached hydrogen (secondary N) is 2. The lowest BCUT2D eigenvalue weighted by Gasteiger charge is -2.26. The summed E-state index contributed by atoms with van der Waals surface area (Å²) in [5.74, 6) is 0.344. The Morgan fingerprint density at radius 3 is 2.31 bits per heavy atom. The normalized spacial score (nSPS) is 11.5. The molecule has 0 saturated carbocycles. The molecule has 158 valence electrons. The SMILES string of the molecule is Cc1ccc(NC(=O)N(CC(=O)Nc2cc(C(C)(C)C)nn2C)C(C)C)c(C)c1. The summed E-state index contributed by atoms with van der Waals surface area (Å²) in [6, 6.07) is 7.27. The maximum atomic E-state index is 12.8. The van der Waals surface area contributed by atoms with Gasteiger partial charge in [0.25, 0.3) is 0 Å². The Balaban J connectivity index is 2.09. The molecule has 1 aromatic heterocycles. The van der Waals surface area contributed by atoms with Gasteiger partial charge in [0.15, 0.2) is 0 Å². The van der Waals surface area contributed by atoms with E-state index in [2.05, 4.69) is 36.5 Å². The van der Waals surface area contributed by atoms with E-state index in [9.17, 15) is 9.59 Å². The first-order valence-corrected chi connectivity index (χ1v) is 9.87.